The molecule has 15 heavy (non-hydrogen) atoms. The van der Waals surface area contributed by atoms with E-state index in [0.29, 0.717) is 23.7 Å². The van der Waals surface area contributed by atoms with Gasteiger partial charge >= 0.3 is 5.97 Å². The molecule has 4 atom stereocenters. The second-order valence-corrected chi connectivity index (χ2v) is 4.66. The number of ether oxygens (including phenoxy) is 2. The minimum Gasteiger partial charge on any atom is -0.459 e. The summed E-state index contributed by atoms with van der Waals surface area (Å²) in [7, 11) is 0. The molecule has 0 radical (unpaired) electrons. The van der Waals surface area contributed by atoms with E-state index < -0.39 is 0 Å². The van der Waals surface area contributed by atoms with Crippen molar-refractivity contribution in [3.8, 4) is 0 Å². The molecule has 4 unspecified atom stereocenters. The summed E-state index contributed by atoms with van der Waals surface area (Å²) in [4.78, 5) is 11.4. The van der Waals surface area contributed by atoms with E-state index in [1.807, 2.05) is 6.92 Å². The topological polar surface area (TPSA) is 35.5 Å². The Kier molecular flexibility index (Phi) is 2.83. The molecule has 2 heterocycles. The van der Waals surface area contributed by atoms with Crippen molar-refractivity contribution in [3.63, 3.8) is 0 Å². The van der Waals surface area contributed by atoms with Gasteiger partial charge in [0.1, 0.15) is 6.10 Å². The van der Waals surface area contributed by atoms with Crippen molar-refractivity contribution < 1.29 is 14.3 Å². The van der Waals surface area contributed by atoms with Crippen molar-refractivity contribution in [1.29, 1.82) is 0 Å². The third-order valence-corrected chi connectivity index (χ3v) is 3.40. The van der Waals surface area contributed by atoms with E-state index >= 15 is 0 Å². The predicted molar refractivity (Wildman–Crippen MR) is 56.4 cm³/mol. The predicted octanol–water partition coefficient (Wildman–Crippen LogP) is 2.06. The van der Waals surface area contributed by atoms with Crippen molar-refractivity contribution in [2.75, 3.05) is 0 Å². The lowest BCUT2D eigenvalue weighted by Crippen LogP contribution is -2.31. The molecule has 84 valence electrons. The summed E-state index contributed by atoms with van der Waals surface area (Å²) in [6, 6.07) is 0. The van der Waals surface area contributed by atoms with Crippen LogP contribution in [0.25, 0.3) is 0 Å². The Morgan fingerprint density at radius 1 is 1.53 bits per heavy atom. The van der Waals surface area contributed by atoms with Gasteiger partial charge in [-0.2, -0.15) is 0 Å². The summed E-state index contributed by atoms with van der Waals surface area (Å²) in [5.41, 5.74) is 0.464. The zero-order valence-corrected chi connectivity index (χ0v) is 9.36. The van der Waals surface area contributed by atoms with Crippen LogP contribution in [0, 0.1) is 5.92 Å². The lowest BCUT2D eigenvalue weighted by molar-refractivity contribution is -0.146. The van der Waals surface area contributed by atoms with Crippen molar-refractivity contribution in [1.82, 2.24) is 0 Å². The Morgan fingerprint density at radius 2 is 2.27 bits per heavy atom. The van der Waals surface area contributed by atoms with Gasteiger partial charge in [-0.3, -0.25) is 0 Å². The van der Waals surface area contributed by atoms with Crippen LogP contribution in [0.2, 0.25) is 0 Å². The van der Waals surface area contributed by atoms with Gasteiger partial charge in [-0.15, -0.1) is 0 Å². The molecule has 0 aromatic carbocycles. The third kappa shape index (κ3) is 2.07. The van der Waals surface area contributed by atoms with Gasteiger partial charge in [0, 0.05) is 11.5 Å². The Labute approximate surface area is 90.4 Å². The zero-order valence-electron chi connectivity index (χ0n) is 9.36. The molecular weight excluding hydrogens is 192 g/mol. The maximum Gasteiger partial charge on any atom is 0.333 e. The highest BCUT2D eigenvalue weighted by Gasteiger charge is 2.44. The fourth-order valence-electron chi connectivity index (χ4n) is 2.53. The molecule has 0 aromatic rings. The third-order valence-electron chi connectivity index (χ3n) is 3.40. The van der Waals surface area contributed by atoms with Crippen LogP contribution in [0.3, 0.4) is 0 Å². The largest absolute Gasteiger partial charge is 0.459 e. The van der Waals surface area contributed by atoms with E-state index in [4.69, 9.17) is 9.47 Å². The zero-order chi connectivity index (χ0) is 11.0. The lowest BCUT2D eigenvalue weighted by Gasteiger charge is -2.25. The molecule has 3 nitrogen and oxygen atoms in total. The minimum absolute atomic E-state index is 0.0514. The molecule has 0 saturated carbocycles. The molecule has 2 aliphatic rings. The highest BCUT2D eigenvalue weighted by Crippen LogP contribution is 2.41. The van der Waals surface area contributed by atoms with Crippen LogP contribution < -0.4 is 0 Å². The molecular formula is C12H18O3. The van der Waals surface area contributed by atoms with Gasteiger partial charge in [0.25, 0.3) is 0 Å². The normalized spacial score (nSPS) is 35.2. The summed E-state index contributed by atoms with van der Waals surface area (Å²) in [6.07, 6.45) is 3.99. The van der Waals surface area contributed by atoms with Crippen molar-refractivity contribution in [3.05, 3.63) is 12.2 Å². The molecule has 0 aromatic heterocycles. The number of carbonyl (C=O) groups excluding carboxylic acids is 1. The summed E-state index contributed by atoms with van der Waals surface area (Å²) in [5.74, 6) is 0.0947. The molecule has 2 bridgehead atoms. The smallest absolute Gasteiger partial charge is 0.333 e. The summed E-state index contributed by atoms with van der Waals surface area (Å²) >= 11 is 0. The van der Waals surface area contributed by atoms with Crippen LogP contribution in [0.1, 0.15) is 33.1 Å². The highest BCUT2D eigenvalue weighted by atomic mass is 16.6. The van der Waals surface area contributed by atoms with Crippen LogP contribution in [0.4, 0.5) is 0 Å². The van der Waals surface area contributed by atoms with E-state index in [1.165, 1.54) is 6.42 Å². The molecule has 3 heteroatoms. The number of hydrogen-bond acceptors (Lipinski definition) is 3. The van der Waals surface area contributed by atoms with E-state index in [-0.39, 0.29) is 12.1 Å². The summed E-state index contributed by atoms with van der Waals surface area (Å²) in [5, 5.41) is 0. The monoisotopic (exact) mass is 210 g/mol. The fourth-order valence-corrected chi connectivity index (χ4v) is 2.53. The Hall–Kier alpha value is -0.830. The average molecular weight is 210 g/mol. The molecule has 0 spiro atoms. The van der Waals surface area contributed by atoms with Gasteiger partial charge in [0.05, 0.1) is 12.2 Å². The van der Waals surface area contributed by atoms with E-state index in [2.05, 4.69) is 6.58 Å². The molecule has 2 rings (SSSR count). The Morgan fingerprint density at radius 3 is 2.73 bits per heavy atom. The summed E-state index contributed by atoms with van der Waals surface area (Å²) in [6.45, 7) is 7.20. The fraction of sp³-hybridized carbons (Fsp3) is 0.750. The lowest BCUT2D eigenvalue weighted by atomic mass is 9.86. The van der Waals surface area contributed by atoms with Gasteiger partial charge in [-0.1, -0.05) is 6.58 Å². The molecule has 0 aliphatic carbocycles. The minimum atomic E-state index is -0.287. The maximum absolute atomic E-state index is 11.4. The van der Waals surface area contributed by atoms with Crippen LogP contribution in [-0.2, 0) is 14.3 Å². The van der Waals surface area contributed by atoms with Gasteiger partial charge in [-0.25, -0.2) is 4.79 Å². The summed E-state index contributed by atoms with van der Waals surface area (Å²) < 4.78 is 11.1. The first-order valence-corrected chi connectivity index (χ1v) is 5.60. The van der Waals surface area contributed by atoms with Crippen LogP contribution >= 0.6 is 0 Å². The van der Waals surface area contributed by atoms with E-state index in [1.54, 1.807) is 6.92 Å². The average Bonchev–Trinajstić information content (AvgIpc) is 2.78. The quantitative estimate of drug-likeness (QED) is 0.528. The Bertz CT molecular complexity index is 285. The molecule has 2 aliphatic heterocycles. The molecule has 0 N–H and O–H groups in total. The second kappa shape index (κ2) is 3.97. The standard InChI is InChI=1S/C12H18O3/c1-7(2)12(13)14-8(3)10-6-9-4-5-11(10)15-9/h8-11H,1,4-6H2,2-3H3. The SMILES string of the molecule is C=C(C)C(=O)OC(C)C1CC2CCC1O2. The maximum atomic E-state index is 11.4. The van der Waals surface area contributed by atoms with Gasteiger partial charge in [0.15, 0.2) is 0 Å². The number of esters is 1. The van der Waals surface area contributed by atoms with Gasteiger partial charge < -0.3 is 9.47 Å². The second-order valence-electron chi connectivity index (χ2n) is 4.66. The molecule has 0 amide bonds. The number of rotatable bonds is 3. The van der Waals surface area contributed by atoms with Crippen LogP contribution in [0.15, 0.2) is 12.2 Å². The highest BCUT2D eigenvalue weighted by molar-refractivity contribution is 5.87. The van der Waals surface area contributed by atoms with Crippen molar-refractivity contribution in [2.45, 2.75) is 51.4 Å². The number of hydrogen-bond donors (Lipinski definition) is 0. The first kappa shape index (κ1) is 10.7. The number of fused-ring (bicyclic) bond motifs is 2. The van der Waals surface area contributed by atoms with Crippen molar-refractivity contribution in [2.24, 2.45) is 5.92 Å². The van der Waals surface area contributed by atoms with Crippen molar-refractivity contribution >= 4 is 5.97 Å². The molecule has 2 fully saturated rings. The van der Waals surface area contributed by atoms with E-state index in [9.17, 15) is 4.79 Å². The van der Waals surface area contributed by atoms with Crippen LogP contribution in [-0.4, -0.2) is 24.3 Å². The first-order chi connectivity index (χ1) is 7.08. The molecule has 2 saturated heterocycles. The Balaban J connectivity index is 1.89. The van der Waals surface area contributed by atoms with Gasteiger partial charge in [-0.05, 0) is 33.1 Å². The first-order valence-electron chi connectivity index (χ1n) is 5.60. The van der Waals surface area contributed by atoms with Crippen LogP contribution in [0.5, 0.6) is 0 Å². The van der Waals surface area contributed by atoms with Gasteiger partial charge in [0.2, 0.25) is 0 Å². The number of carbonyl (C=O) groups is 1. The van der Waals surface area contributed by atoms with E-state index in [0.717, 1.165) is 12.8 Å².